The highest BCUT2D eigenvalue weighted by Crippen LogP contribution is 2.37. The number of para-hydroxylation sites is 1. The molecule has 0 aliphatic carbocycles. The van der Waals surface area contributed by atoms with Crippen LogP contribution in [0, 0.1) is 0 Å². The summed E-state index contributed by atoms with van der Waals surface area (Å²) < 4.78 is 26.9. The van der Waals surface area contributed by atoms with Crippen molar-refractivity contribution in [2.24, 2.45) is 0 Å². The van der Waals surface area contributed by atoms with Crippen LogP contribution in [0.3, 0.4) is 0 Å². The van der Waals surface area contributed by atoms with Gasteiger partial charge in [-0.05, 0) is 24.3 Å². The number of anilines is 1. The predicted molar refractivity (Wildman–Crippen MR) is 101 cm³/mol. The molecule has 0 atom stereocenters. The largest absolute Gasteiger partial charge is 0.346 e. The number of aromatic nitrogens is 4. The minimum Gasteiger partial charge on any atom is -0.346 e. The Balaban J connectivity index is 1.44. The van der Waals surface area contributed by atoms with Gasteiger partial charge < -0.3 is 4.90 Å². The Kier molecular flexibility index (Phi) is 3.32. The van der Waals surface area contributed by atoms with Gasteiger partial charge in [-0.1, -0.05) is 23.5 Å². The number of pyridine rings is 1. The van der Waals surface area contributed by atoms with Crippen LogP contribution in [0.2, 0.25) is 0 Å². The summed E-state index contributed by atoms with van der Waals surface area (Å²) in [6, 6.07) is 11.1. The second kappa shape index (κ2) is 5.49. The smallest absolute Gasteiger partial charge is 0.186 e. The van der Waals surface area contributed by atoms with E-state index in [1.165, 1.54) is 17.6 Å². The number of hydrogen-bond acceptors (Lipinski definition) is 7. The van der Waals surface area contributed by atoms with E-state index in [1.54, 1.807) is 12.1 Å². The van der Waals surface area contributed by atoms with Crippen molar-refractivity contribution in [3.63, 3.8) is 0 Å². The highest BCUT2D eigenvalue weighted by atomic mass is 32.2. The van der Waals surface area contributed by atoms with Crippen molar-refractivity contribution in [3.8, 4) is 0 Å². The van der Waals surface area contributed by atoms with Gasteiger partial charge in [0, 0.05) is 25.5 Å². The Morgan fingerprint density at radius 3 is 2.77 bits per heavy atom. The number of nitrogens with zero attached hydrogens (tertiary/aromatic N) is 5. The first kappa shape index (κ1) is 15.7. The molecule has 4 heterocycles. The molecule has 1 saturated heterocycles. The molecule has 7 nitrogen and oxygen atoms in total. The quantitative estimate of drug-likeness (QED) is 0.539. The van der Waals surface area contributed by atoms with Crippen LogP contribution in [0.4, 0.5) is 5.13 Å². The fourth-order valence-corrected chi connectivity index (χ4v) is 5.19. The minimum absolute atomic E-state index is 0.286. The van der Waals surface area contributed by atoms with E-state index in [0.717, 1.165) is 34.4 Å². The van der Waals surface area contributed by atoms with E-state index in [1.807, 2.05) is 34.9 Å². The first-order valence-electron chi connectivity index (χ1n) is 8.15. The maximum absolute atomic E-state index is 12.0. The molecule has 1 fully saturated rings. The number of benzene rings is 1. The van der Waals surface area contributed by atoms with E-state index < -0.39 is 9.84 Å². The van der Waals surface area contributed by atoms with Crippen LogP contribution in [0.25, 0.3) is 15.9 Å². The first-order valence-corrected chi connectivity index (χ1v) is 10.9. The Bertz CT molecular complexity index is 1240. The molecule has 26 heavy (non-hydrogen) atoms. The summed E-state index contributed by atoms with van der Waals surface area (Å²) in [5.74, 6) is 1.24. The second-order valence-corrected chi connectivity index (χ2v) is 9.45. The predicted octanol–water partition coefficient (Wildman–Crippen LogP) is 2.35. The molecule has 0 spiro atoms. The molecule has 3 aromatic heterocycles. The summed E-state index contributed by atoms with van der Waals surface area (Å²) in [4.78, 5) is 7.05. The SMILES string of the molecule is CS(=O)(=O)c1cccc2sc(N3CC(c4nnc5ccccn45)C3)nc12. The van der Waals surface area contributed by atoms with Crippen LogP contribution in [-0.2, 0) is 9.84 Å². The summed E-state index contributed by atoms with van der Waals surface area (Å²) in [5.41, 5.74) is 1.41. The first-order chi connectivity index (χ1) is 12.5. The molecule has 0 radical (unpaired) electrons. The van der Waals surface area contributed by atoms with Gasteiger partial charge in [0.15, 0.2) is 20.6 Å². The normalized spacial score (nSPS) is 15.7. The summed E-state index contributed by atoms with van der Waals surface area (Å²) in [6.07, 6.45) is 3.19. The lowest BCUT2D eigenvalue weighted by Crippen LogP contribution is -2.45. The highest BCUT2D eigenvalue weighted by Gasteiger charge is 2.33. The lowest BCUT2D eigenvalue weighted by molar-refractivity contribution is 0.496. The second-order valence-electron chi connectivity index (χ2n) is 6.46. The van der Waals surface area contributed by atoms with E-state index in [4.69, 9.17) is 0 Å². The summed E-state index contributed by atoms with van der Waals surface area (Å²) in [6.45, 7) is 1.59. The number of fused-ring (bicyclic) bond motifs is 2. The Hall–Kier alpha value is -2.52. The Morgan fingerprint density at radius 1 is 1.12 bits per heavy atom. The van der Waals surface area contributed by atoms with Crippen molar-refractivity contribution in [2.75, 3.05) is 24.2 Å². The molecule has 0 N–H and O–H groups in total. The van der Waals surface area contributed by atoms with Gasteiger partial charge >= 0.3 is 0 Å². The summed E-state index contributed by atoms with van der Waals surface area (Å²) >= 11 is 1.52. The third kappa shape index (κ3) is 2.38. The number of hydrogen-bond donors (Lipinski definition) is 0. The minimum atomic E-state index is -3.30. The fourth-order valence-electron chi connectivity index (χ4n) is 3.28. The average molecular weight is 385 g/mol. The topological polar surface area (TPSA) is 80.5 Å². The van der Waals surface area contributed by atoms with Crippen LogP contribution in [0.15, 0.2) is 47.5 Å². The molecule has 0 unspecified atom stereocenters. The summed E-state index contributed by atoms with van der Waals surface area (Å²) in [5, 5.41) is 9.38. The van der Waals surface area contributed by atoms with Gasteiger partial charge in [-0.15, -0.1) is 10.2 Å². The van der Waals surface area contributed by atoms with Gasteiger partial charge in [0.2, 0.25) is 0 Å². The van der Waals surface area contributed by atoms with Gasteiger partial charge in [0.1, 0.15) is 11.3 Å². The molecule has 4 aromatic rings. The molecule has 0 amide bonds. The Morgan fingerprint density at radius 2 is 1.96 bits per heavy atom. The van der Waals surface area contributed by atoms with E-state index in [-0.39, 0.29) is 10.8 Å². The van der Waals surface area contributed by atoms with Crippen molar-refractivity contribution in [3.05, 3.63) is 48.4 Å². The van der Waals surface area contributed by atoms with Crippen LogP contribution < -0.4 is 4.90 Å². The van der Waals surface area contributed by atoms with Crippen molar-refractivity contribution in [1.82, 2.24) is 19.6 Å². The van der Waals surface area contributed by atoms with Crippen molar-refractivity contribution >= 4 is 42.2 Å². The molecule has 1 aliphatic rings. The zero-order valence-electron chi connectivity index (χ0n) is 13.9. The Labute approximate surface area is 153 Å². The number of sulfone groups is 1. The molecule has 1 aliphatic heterocycles. The number of rotatable bonds is 3. The molecule has 0 saturated carbocycles. The van der Waals surface area contributed by atoms with Crippen LogP contribution in [0.1, 0.15) is 11.7 Å². The van der Waals surface area contributed by atoms with E-state index in [0.29, 0.717) is 5.52 Å². The van der Waals surface area contributed by atoms with Crippen LogP contribution in [0.5, 0.6) is 0 Å². The van der Waals surface area contributed by atoms with Gasteiger partial charge in [0.05, 0.1) is 15.5 Å². The monoisotopic (exact) mass is 385 g/mol. The van der Waals surface area contributed by atoms with E-state index in [9.17, 15) is 8.42 Å². The zero-order chi connectivity index (χ0) is 17.9. The van der Waals surface area contributed by atoms with Crippen molar-refractivity contribution < 1.29 is 8.42 Å². The maximum Gasteiger partial charge on any atom is 0.186 e. The maximum atomic E-state index is 12.0. The molecule has 5 rings (SSSR count). The van der Waals surface area contributed by atoms with Gasteiger partial charge in [-0.2, -0.15) is 0 Å². The summed E-state index contributed by atoms with van der Waals surface area (Å²) in [7, 11) is -3.30. The van der Waals surface area contributed by atoms with Crippen molar-refractivity contribution in [2.45, 2.75) is 10.8 Å². The van der Waals surface area contributed by atoms with Crippen molar-refractivity contribution in [1.29, 1.82) is 0 Å². The lowest BCUT2D eigenvalue weighted by atomic mass is 10.0. The van der Waals surface area contributed by atoms with Crippen LogP contribution >= 0.6 is 11.3 Å². The molecular formula is C17H15N5O2S2. The molecule has 9 heteroatoms. The number of thiazole rings is 1. The van der Waals surface area contributed by atoms with E-state index in [2.05, 4.69) is 20.1 Å². The highest BCUT2D eigenvalue weighted by molar-refractivity contribution is 7.91. The van der Waals surface area contributed by atoms with E-state index >= 15 is 0 Å². The van der Waals surface area contributed by atoms with Gasteiger partial charge in [-0.25, -0.2) is 13.4 Å². The molecule has 0 bridgehead atoms. The standard InChI is InChI=1S/C17H15N5O2S2/c1-26(23,24)13-6-4-5-12-15(13)18-17(25-12)21-9-11(10-21)16-20-19-14-7-2-3-8-22(14)16/h2-8,11H,9-10H2,1H3. The average Bonchev–Trinajstić information content (AvgIpc) is 3.16. The van der Waals surface area contributed by atoms with Crippen LogP contribution in [-0.4, -0.2) is 47.3 Å². The molecule has 1 aromatic carbocycles. The lowest BCUT2D eigenvalue weighted by Gasteiger charge is -2.37. The van der Waals surface area contributed by atoms with Gasteiger partial charge in [-0.3, -0.25) is 4.40 Å². The van der Waals surface area contributed by atoms with Gasteiger partial charge in [0.25, 0.3) is 0 Å². The molecule has 132 valence electrons. The fraction of sp³-hybridized carbons (Fsp3) is 0.235. The third-order valence-corrected chi connectivity index (χ3v) is 6.84. The third-order valence-electron chi connectivity index (χ3n) is 4.63. The molecular weight excluding hydrogens is 370 g/mol. The zero-order valence-corrected chi connectivity index (χ0v) is 15.5.